The highest BCUT2D eigenvalue weighted by atomic mass is 16.5. The number of hydrogen-bond donors (Lipinski definition) is 2. The van der Waals surface area contributed by atoms with E-state index in [0.29, 0.717) is 31.1 Å². The van der Waals surface area contributed by atoms with Gasteiger partial charge < -0.3 is 24.5 Å². The predicted molar refractivity (Wildman–Crippen MR) is 107 cm³/mol. The molecular weight excluding hydrogens is 356 g/mol. The Morgan fingerprint density at radius 2 is 1.86 bits per heavy atom. The Bertz CT molecular complexity index is 982. The van der Waals surface area contributed by atoms with Crippen LogP contribution in [0.2, 0.25) is 0 Å². The van der Waals surface area contributed by atoms with Crippen molar-refractivity contribution in [1.29, 1.82) is 0 Å². The number of nitrogens with one attached hydrogen (secondary N) is 1. The van der Waals surface area contributed by atoms with E-state index in [1.807, 2.05) is 43.3 Å². The molecule has 146 valence electrons. The zero-order valence-electron chi connectivity index (χ0n) is 15.9. The fourth-order valence-corrected chi connectivity index (χ4v) is 3.79. The molecule has 0 bridgehead atoms. The van der Waals surface area contributed by atoms with Crippen molar-refractivity contribution >= 4 is 16.8 Å². The highest BCUT2D eigenvalue weighted by molar-refractivity contribution is 5.86. The molecule has 4 rings (SSSR count). The zero-order valence-corrected chi connectivity index (χ0v) is 15.9. The van der Waals surface area contributed by atoms with Gasteiger partial charge in [-0.05, 0) is 37.1 Å². The maximum absolute atomic E-state index is 12.9. The van der Waals surface area contributed by atoms with Crippen LogP contribution in [0.3, 0.4) is 0 Å². The van der Waals surface area contributed by atoms with Crippen molar-refractivity contribution in [3.8, 4) is 11.5 Å². The predicted octanol–water partition coefficient (Wildman–Crippen LogP) is 2.89. The lowest BCUT2D eigenvalue weighted by Crippen LogP contribution is -2.48. The summed E-state index contributed by atoms with van der Waals surface area (Å²) in [6, 6.07) is 15.1. The molecule has 1 aliphatic heterocycles. The number of hydrogen-bond acceptors (Lipinski definition) is 4. The summed E-state index contributed by atoms with van der Waals surface area (Å²) in [5, 5.41) is 11.0. The molecule has 0 saturated heterocycles. The van der Waals surface area contributed by atoms with Crippen LogP contribution in [-0.2, 0) is 17.8 Å². The van der Waals surface area contributed by atoms with Crippen LogP contribution < -0.4 is 9.47 Å². The minimum absolute atomic E-state index is 0.0831. The van der Waals surface area contributed by atoms with E-state index >= 15 is 0 Å². The van der Waals surface area contributed by atoms with Crippen LogP contribution in [0.5, 0.6) is 11.5 Å². The summed E-state index contributed by atoms with van der Waals surface area (Å²) in [5.41, 5.74) is 3.26. The molecule has 3 aromatic rings. The van der Waals surface area contributed by atoms with Crippen LogP contribution in [0.4, 0.5) is 0 Å². The van der Waals surface area contributed by atoms with Gasteiger partial charge in [-0.3, -0.25) is 4.79 Å². The van der Waals surface area contributed by atoms with Gasteiger partial charge in [0.15, 0.2) is 18.1 Å². The van der Waals surface area contributed by atoms with Gasteiger partial charge in [0.05, 0.1) is 25.8 Å². The average molecular weight is 380 g/mol. The first-order valence-electron chi connectivity index (χ1n) is 9.54. The first-order valence-corrected chi connectivity index (χ1v) is 9.54. The molecule has 1 amide bonds. The molecular formula is C22H24N2O4. The van der Waals surface area contributed by atoms with Gasteiger partial charge in [0, 0.05) is 16.6 Å². The Balaban J connectivity index is 1.51. The second-order valence-electron chi connectivity index (χ2n) is 6.86. The van der Waals surface area contributed by atoms with E-state index in [9.17, 15) is 9.90 Å². The van der Waals surface area contributed by atoms with Gasteiger partial charge in [0.2, 0.25) is 0 Å². The van der Waals surface area contributed by atoms with Gasteiger partial charge in [-0.15, -0.1) is 0 Å². The number of rotatable bonds is 6. The van der Waals surface area contributed by atoms with Crippen molar-refractivity contribution in [3.05, 3.63) is 59.8 Å². The minimum Gasteiger partial charge on any atom is -0.490 e. The van der Waals surface area contributed by atoms with Crippen molar-refractivity contribution in [2.45, 2.75) is 25.9 Å². The number of aliphatic hydroxyl groups excluding tert-OH is 1. The third-order valence-electron chi connectivity index (χ3n) is 5.14. The van der Waals surface area contributed by atoms with E-state index in [4.69, 9.17) is 9.47 Å². The zero-order chi connectivity index (χ0) is 19.5. The van der Waals surface area contributed by atoms with Gasteiger partial charge in [0.25, 0.3) is 5.91 Å². The number of carbonyl (C=O) groups is 1. The second-order valence-corrected chi connectivity index (χ2v) is 6.86. The minimum atomic E-state index is -0.259. The van der Waals surface area contributed by atoms with Gasteiger partial charge in [-0.2, -0.15) is 0 Å². The van der Waals surface area contributed by atoms with E-state index in [1.165, 1.54) is 5.56 Å². The molecule has 1 atom stereocenters. The molecule has 2 heterocycles. The van der Waals surface area contributed by atoms with Crippen LogP contribution >= 0.6 is 0 Å². The number of ether oxygens (including phenoxy) is 2. The molecule has 1 aliphatic rings. The van der Waals surface area contributed by atoms with Crippen LogP contribution in [-0.4, -0.2) is 46.8 Å². The van der Waals surface area contributed by atoms with Crippen molar-refractivity contribution in [1.82, 2.24) is 9.88 Å². The number of H-pyrrole nitrogens is 1. The van der Waals surface area contributed by atoms with Crippen LogP contribution in [0.1, 0.15) is 18.2 Å². The maximum atomic E-state index is 12.9. The molecule has 1 aromatic heterocycles. The summed E-state index contributed by atoms with van der Waals surface area (Å²) in [6.07, 6.45) is 0.622. The van der Waals surface area contributed by atoms with Crippen LogP contribution in [0.15, 0.2) is 48.5 Å². The van der Waals surface area contributed by atoms with Crippen molar-refractivity contribution in [2.24, 2.45) is 0 Å². The number of amides is 1. The Kier molecular flexibility index (Phi) is 5.21. The number of para-hydroxylation sites is 3. The summed E-state index contributed by atoms with van der Waals surface area (Å²) in [4.78, 5) is 18.0. The maximum Gasteiger partial charge on any atom is 0.261 e. The molecule has 6 nitrogen and oxygen atoms in total. The average Bonchev–Trinajstić information content (AvgIpc) is 3.09. The third kappa shape index (κ3) is 3.43. The van der Waals surface area contributed by atoms with Crippen molar-refractivity contribution in [3.63, 3.8) is 0 Å². The first kappa shape index (κ1) is 18.4. The summed E-state index contributed by atoms with van der Waals surface area (Å²) >= 11 is 0. The quantitative estimate of drug-likeness (QED) is 0.690. The Labute approximate surface area is 163 Å². The Morgan fingerprint density at radius 3 is 2.61 bits per heavy atom. The van der Waals surface area contributed by atoms with E-state index in [1.54, 1.807) is 11.0 Å². The number of carbonyl (C=O) groups excluding carboxylic acids is 1. The van der Waals surface area contributed by atoms with E-state index < -0.39 is 0 Å². The summed E-state index contributed by atoms with van der Waals surface area (Å²) in [5.74, 6) is 1.00. The Hall–Kier alpha value is -2.99. The standard InChI is InChI=1S/C22H24N2O4/c1-2-27-20-9-5-6-10-21(20)28-14-22(26)24-12-19-17(11-15(24)13-25)16-7-3-4-8-18(16)23-19/h3-10,15,23,25H,2,11-14H2,1H3. The lowest BCUT2D eigenvalue weighted by atomic mass is 9.97. The monoisotopic (exact) mass is 380 g/mol. The fraction of sp³-hybridized carbons (Fsp3) is 0.318. The first-order chi connectivity index (χ1) is 13.7. The Morgan fingerprint density at radius 1 is 1.14 bits per heavy atom. The number of aromatic amines is 1. The number of aromatic nitrogens is 1. The van der Waals surface area contributed by atoms with Gasteiger partial charge in [-0.25, -0.2) is 0 Å². The lowest BCUT2D eigenvalue weighted by Gasteiger charge is -2.34. The highest BCUT2D eigenvalue weighted by Gasteiger charge is 2.31. The van der Waals surface area contributed by atoms with Gasteiger partial charge >= 0.3 is 0 Å². The topological polar surface area (TPSA) is 74.8 Å². The SMILES string of the molecule is CCOc1ccccc1OCC(=O)N1Cc2[nH]c3ccccc3c2CC1CO. The van der Waals surface area contributed by atoms with E-state index in [0.717, 1.165) is 16.6 Å². The lowest BCUT2D eigenvalue weighted by molar-refractivity contribution is -0.138. The van der Waals surface area contributed by atoms with Crippen molar-refractivity contribution in [2.75, 3.05) is 19.8 Å². The highest BCUT2D eigenvalue weighted by Crippen LogP contribution is 2.31. The number of benzene rings is 2. The third-order valence-corrected chi connectivity index (χ3v) is 5.14. The molecule has 2 N–H and O–H groups in total. The molecule has 0 fully saturated rings. The van der Waals surface area contributed by atoms with Gasteiger partial charge in [0.1, 0.15) is 0 Å². The summed E-state index contributed by atoms with van der Waals surface area (Å²) in [7, 11) is 0. The molecule has 28 heavy (non-hydrogen) atoms. The molecule has 0 spiro atoms. The molecule has 6 heteroatoms. The molecule has 0 radical (unpaired) electrons. The van der Waals surface area contributed by atoms with Gasteiger partial charge in [-0.1, -0.05) is 30.3 Å². The van der Waals surface area contributed by atoms with E-state index in [-0.39, 0.29) is 25.2 Å². The normalized spacial score (nSPS) is 16.1. The summed E-state index contributed by atoms with van der Waals surface area (Å²) < 4.78 is 11.3. The molecule has 1 unspecified atom stereocenters. The fourth-order valence-electron chi connectivity index (χ4n) is 3.79. The number of aliphatic hydroxyl groups is 1. The molecule has 0 saturated carbocycles. The number of nitrogens with zero attached hydrogens (tertiary/aromatic N) is 1. The molecule has 2 aromatic carbocycles. The number of fused-ring (bicyclic) bond motifs is 3. The smallest absolute Gasteiger partial charge is 0.261 e. The van der Waals surface area contributed by atoms with E-state index in [2.05, 4.69) is 11.1 Å². The van der Waals surface area contributed by atoms with Crippen molar-refractivity contribution < 1.29 is 19.4 Å². The van der Waals surface area contributed by atoms with Crippen LogP contribution in [0, 0.1) is 0 Å². The molecule has 0 aliphatic carbocycles. The van der Waals surface area contributed by atoms with Crippen LogP contribution in [0.25, 0.3) is 10.9 Å². The summed E-state index contributed by atoms with van der Waals surface area (Å²) in [6.45, 7) is 2.68. The largest absolute Gasteiger partial charge is 0.490 e. The second kappa shape index (κ2) is 7.94.